The van der Waals surface area contributed by atoms with Gasteiger partial charge in [-0.1, -0.05) is 15.9 Å². The molecule has 14 heavy (non-hydrogen) atoms. The summed E-state index contributed by atoms with van der Waals surface area (Å²) >= 11 is 6.70. The van der Waals surface area contributed by atoms with Gasteiger partial charge in [0.25, 0.3) is 0 Å². The fourth-order valence-electron chi connectivity index (χ4n) is 1.12. The number of rotatable bonds is 3. The number of aromatic nitrogens is 1. The summed E-state index contributed by atoms with van der Waals surface area (Å²) in [5, 5.41) is 8.68. The van der Waals surface area contributed by atoms with E-state index >= 15 is 0 Å². The van der Waals surface area contributed by atoms with Gasteiger partial charge in [-0.25, -0.2) is 0 Å². The third-order valence-corrected chi connectivity index (χ3v) is 2.64. The summed E-state index contributed by atoms with van der Waals surface area (Å²) in [6.45, 7) is 1.94. The van der Waals surface area contributed by atoms with E-state index < -0.39 is 5.97 Å². The zero-order valence-corrected chi connectivity index (χ0v) is 10.7. The van der Waals surface area contributed by atoms with Crippen LogP contribution in [0.25, 0.3) is 0 Å². The molecule has 0 fully saturated rings. The summed E-state index contributed by atoms with van der Waals surface area (Å²) in [4.78, 5) is 14.7. The van der Waals surface area contributed by atoms with Gasteiger partial charge in [-0.05, 0) is 34.5 Å². The van der Waals surface area contributed by atoms with Crippen LogP contribution in [-0.2, 0) is 11.2 Å². The highest BCUT2D eigenvalue weighted by molar-refractivity contribution is 9.10. The zero-order valence-electron chi connectivity index (χ0n) is 7.50. The number of carboxylic acids is 1. The summed E-state index contributed by atoms with van der Waals surface area (Å²) in [7, 11) is 0. The molecule has 0 aliphatic heterocycles. The number of hydrogen-bond donors (Lipinski definition) is 1. The molecule has 0 amide bonds. The van der Waals surface area contributed by atoms with Crippen molar-refractivity contribution in [3.63, 3.8) is 0 Å². The number of alkyl halides is 1. The maximum absolute atomic E-state index is 10.6. The molecule has 0 aliphatic carbocycles. The third kappa shape index (κ3) is 3.06. The number of carbonyl (C=O) groups is 1. The highest BCUT2D eigenvalue weighted by atomic mass is 79.9. The minimum absolute atomic E-state index is 0.0431. The lowest BCUT2D eigenvalue weighted by molar-refractivity contribution is -0.136. The van der Waals surface area contributed by atoms with Crippen LogP contribution in [0.15, 0.2) is 16.7 Å². The van der Waals surface area contributed by atoms with Crippen molar-refractivity contribution >= 4 is 37.8 Å². The van der Waals surface area contributed by atoms with E-state index in [0.29, 0.717) is 5.69 Å². The molecule has 0 bridgehead atoms. The molecule has 1 rings (SSSR count). The molecule has 0 saturated heterocycles. The quantitative estimate of drug-likeness (QED) is 0.870. The molecule has 0 aromatic carbocycles. The molecular formula is C9H9Br2NO2. The van der Waals surface area contributed by atoms with Crippen molar-refractivity contribution in [1.29, 1.82) is 0 Å². The van der Waals surface area contributed by atoms with E-state index in [-0.39, 0.29) is 11.2 Å². The maximum atomic E-state index is 10.6. The molecule has 3 nitrogen and oxygen atoms in total. The Kier molecular flexibility index (Phi) is 4.07. The van der Waals surface area contributed by atoms with E-state index in [4.69, 9.17) is 5.11 Å². The predicted molar refractivity (Wildman–Crippen MR) is 60.6 cm³/mol. The first kappa shape index (κ1) is 11.7. The number of hydrogen-bond acceptors (Lipinski definition) is 2. The van der Waals surface area contributed by atoms with E-state index in [9.17, 15) is 4.79 Å². The van der Waals surface area contributed by atoms with Crippen molar-refractivity contribution in [2.24, 2.45) is 0 Å². The van der Waals surface area contributed by atoms with E-state index in [1.165, 1.54) is 0 Å². The molecule has 5 heteroatoms. The largest absolute Gasteiger partial charge is 0.481 e. The number of carboxylic acid groups (broad SMARTS) is 1. The van der Waals surface area contributed by atoms with Crippen LogP contribution < -0.4 is 0 Å². The minimum Gasteiger partial charge on any atom is -0.481 e. The zero-order chi connectivity index (χ0) is 10.7. The fourth-order valence-corrected chi connectivity index (χ4v) is 1.86. The monoisotopic (exact) mass is 321 g/mol. The third-order valence-electron chi connectivity index (χ3n) is 1.72. The molecule has 0 aliphatic rings. The predicted octanol–water partition coefficient (Wildman–Crippen LogP) is 2.93. The van der Waals surface area contributed by atoms with Crippen molar-refractivity contribution < 1.29 is 9.90 Å². The second kappa shape index (κ2) is 4.89. The van der Waals surface area contributed by atoms with Gasteiger partial charge >= 0.3 is 5.97 Å². The van der Waals surface area contributed by atoms with Crippen LogP contribution in [0.4, 0.5) is 0 Å². The summed E-state index contributed by atoms with van der Waals surface area (Å²) in [6, 6.07) is 1.88. The second-order valence-corrected chi connectivity index (χ2v) is 5.17. The number of halogens is 2. The minimum atomic E-state index is -0.866. The van der Waals surface area contributed by atoms with E-state index in [1.54, 1.807) is 6.20 Å². The lowest BCUT2D eigenvalue weighted by Crippen LogP contribution is -2.06. The molecule has 0 saturated carbocycles. The Labute approximate surface area is 98.8 Å². The van der Waals surface area contributed by atoms with Gasteiger partial charge in [-0.3, -0.25) is 9.78 Å². The molecule has 1 N–H and O–H groups in total. The van der Waals surface area contributed by atoms with Crippen LogP contribution in [0.1, 0.15) is 23.0 Å². The average Bonchev–Trinajstić information content (AvgIpc) is 2.07. The first-order valence-corrected chi connectivity index (χ1v) is 5.71. The molecule has 1 unspecified atom stereocenters. The van der Waals surface area contributed by atoms with Crippen molar-refractivity contribution in [3.8, 4) is 0 Å². The van der Waals surface area contributed by atoms with Gasteiger partial charge in [-0.2, -0.15) is 0 Å². The van der Waals surface area contributed by atoms with Gasteiger partial charge in [0, 0.05) is 15.5 Å². The van der Waals surface area contributed by atoms with Crippen LogP contribution in [-0.4, -0.2) is 16.1 Å². The van der Waals surface area contributed by atoms with Crippen LogP contribution in [0.2, 0.25) is 0 Å². The second-order valence-electron chi connectivity index (χ2n) is 2.88. The van der Waals surface area contributed by atoms with Gasteiger partial charge in [0.1, 0.15) is 0 Å². The van der Waals surface area contributed by atoms with Gasteiger partial charge in [-0.15, -0.1) is 0 Å². The lowest BCUT2D eigenvalue weighted by atomic mass is 10.1. The van der Waals surface area contributed by atoms with Crippen LogP contribution in [0.3, 0.4) is 0 Å². The van der Waals surface area contributed by atoms with E-state index in [1.807, 2.05) is 13.0 Å². The Balaban J connectivity index is 3.08. The van der Waals surface area contributed by atoms with Gasteiger partial charge in [0.2, 0.25) is 0 Å². The van der Waals surface area contributed by atoms with Gasteiger partial charge < -0.3 is 5.11 Å². The smallest absolute Gasteiger partial charge is 0.309 e. The molecule has 1 heterocycles. The normalized spacial score (nSPS) is 12.5. The first-order chi connectivity index (χ1) is 6.50. The highest BCUT2D eigenvalue weighted by Crippen LogP contribution is 2.26. The average molecular weight is 323 g/mol. The lowest BCUT2D eigenvalue weighted by Gasteiger charge is -2.09. The van der Waals surface area contributed by atoms with Crippen molar-refractivity contribution in [3.05, 3.63) is 28.0 Å². The maximum Gasteiger partial charge on any atom is 0.309 e. The van der Waals surface area contributed by atoms with E-state index in [0.717, 1.165) is 10.0 Å². The Bertz CT molecular complexity index is 353. The Morgan fingerprint density at radius 2 is 2.36 bits per heavy atom. The molecule has 1 aromatic heterocycles. The summed E-state index contributed by atoms with van der Waals surface area (Å²) in [5.41, 5.74) is 1.51. The SMILES string of the molecule is CC(Br)c1cc(Br)cnc1CC(=O)O. The number of nitrogens with zero attached hydrogens (tertiary/aromatic N) is 1. The molecule has 76 valence electrons. The van der Waals surface area contributed by atoms with Gasteiger partial charge in [0.15, 0.2) is 0 Å². The Hall–Kier alpha value is -0.420. The summed E-state index contributed by atoms with van der Waals surface area (Å²) in [6.07, 6.45) is 1.57. The summed E-state index contributed by atoms with van der Waals surface area (Å²) in [5.74, 6) is -0.866. The highest BCUT2D eigenvalue weighted by Gasteiger charge is 2.12. The van der Waals surface area contributed by atoms with Crippen LogP contribution >= 0.6 is 31.9 Å². The standard InChI is InChI=1S/C9H9Br2NO2/c1-5(10)7-2-6(11)4-12-8(7)3-9(13)14/h2,4-5H,3H2,1H3,(H,13,14). The van der Waals surface area contributed by atoms with Crippen LogP contribution in [0.5, 0.6) is 0 Å². The molecule has 1 atom stereocenters. The molecular weight excluding hydrogens is 314 g/mol. The van der Waals surface area contributed by atoms with Crippen molar-refractivity contribution in [1.82, 2.24) is 4.98 Å². The molecule has 1 aromatic rings. The van der Waals surface area contributed by atoms with Gasteiger partial charge in [0.05, 0.1) is 12.1 Å². The van der Waals surface area contributed by atoms with Crippen molar-refractivity contribution in [2.75, 3.05) is 0 Å². The number of pyridine rings is 1. The number of aliphatic carboxylic acids is 1. The fraction of sp³-hybridized carbons (Fsp3) is 0.333. The van der Waals surface area contributed by atoms with Crippen molar-refractivity contribution in [2.45, 2.75) is 18.2 Å². The van der Waals surface area contributed by atoms with E-state index in [2.05, 4.69) is 36.8 Å². The van der Waals surface area contributed by atoms with Crippen LogP contribution in [0, 0.1) is 0 Å². The molecule has 0 spiro atoms. The Morgan fingerprint density at radius 3 is 2.86 bits per heavy atom. The molecule has 0 radical (unpaired) electrons. The first-order valence-electron chi connectivity index (χ1n) is 4.01. The Morgan fingerprint density at radius 1 is 1.71 bits per heavy atom. The topological polar surface area (TPSA) is 50.2 Å². The summed E-state index contributed by atoms with van der Waals surface area (Å²) < 4.78 is 0.855.